The highest BCUT2D eigenvalue weighted by molar-refractivity contribution is 6.11. The molecule has 3 aromatic rings. The average molecular weight is 485 g/mol. The fourth-order valence-corrected chi connectivity index (χ4v) is 5.54. The van der Waals surface area contributed by atoms with Gasteiger partial charge in [-0.25, -0.2) is 4.39 Å². The van der Waals surface area contributed by atoms with Gasteiger partial charge < -0.3 is 15.3 Å². The SMILES string of the molecule is Cc1nnc(N[C@H](C)c2cc(F)cc(C(F)(F)CO)c2)c2cc3c(cc12)C1(CCCC1)C(=O)N3C. The van der Waals surface area contributed by atoms with Crippen LogP contribution in [0.15, 0.2) is 30.3 Å². The summed E-state index contributed by atoms with van der Waals surface area (Å²) in [5.41, 5.74) is 1.77. The van der Waals surface area contributed by atoms with Crippen molar-refractivity contribution < 1.29 is 23.1 Å². The number of fused-ring (bicyclic) bond motifs is 3. The summed E-state index contributed by atoms with van der Waals surface area (Å²) < 4.78 is 42.2. The summed E-state index contributed by atoms with van der Waals surface area (Å²) in [4.78, 5) is 14.9. The van der Waals surface area contributed by atoms with Crippen molar-refractivity contribution in [2.75, 3.05) is 23.9 Å². The minimum Gasteiger partial charge on any atom is -0.390 e. The van der Waals surface area contributed by atoms with Crippen LogP contribution in [0.1, 0.15) is 61.0 Å². The molecule has 1 saturated carbocycles. The Morgan fingerprint density at radius 1 is 1.14 bits per heavy atom. The number of benzene rings is 2. The largest absolute Gasteiger partial charge is 0.390 e. The zero-order valence-corrected chi connectivity index (χ0v) is 19.8. The molecule has 1 fully saturated rings. The van der Waals surface area contributed by atoms with Crippen molar-refractivity contribution in [3.63, 3.8) is 0 Å². The van der Waals surface area contributed by atoms with Gasteiger partial charge in [-0.3, -0.25) is 4.79 Å². The van der Waals surface area contributed by atoms with Gasteiger partial charge in [0.1, 0.15) is 12.4 Å². The Bertz CT molecular complexity index is 1340. The Morgan fingerprint density at radius 2 is 1.86 bits per heavy atom. The summed E-state index contributed by atoms with van der Waals surface area (Å²) in [6.45, 7) is 2.15. The molecule has 0 radical (unpaired) electrons. The minimum atomic E-state index is -3.55. The molecule has 2 aliphatic rings. The zero-order valence-electron chi connectivity index (χ0n) is 19.8. The summed E-state index contributed by atoms with van der Waals surface area (Å²) in [6, 6.07) is 6.46. The number of hydrogen-bond donors (Lipinski definition) is 2. The van der Waals surface area contributed by atoms with Crippen LogP contribution < -0.4 is 10.2 Å². The van der Waals surface area contributed by atoms with E-state index in [-0.39, 0.29) is 11.5 Å². The fourth-order valence-electron chi connectivity index (χ4n) is 5.54. The third-order valence-corrected chi connectivity index (χ3v) is 7.52. The molecule has 2 heterocycles. The van der Waals surface area contributed by atoms with Gasteiger partial charge in [0.05, 0.1) is 17.2 Å². The lowest BCUT2D eigenvalue weighted by Crippen LogP contribution is -2.36. The van der Waals surface area contributed by atoms with E-state index in [1.807, 2.05) is 19.1 Å². The number of aliphatic hydroxyl groups is 1. The number of nitrogens with one attached hydrogen (secondary N) is 1. The second-order valence-corrected chi connectivity index (χ2v) is 9.70. The summed E-state index contributed by atoms with van der Waals surface area (Å²) >= 11 is 0. The summed E-state index contributed by atoms with van der Waals surface area (Å²) in [5.74, 6) is -3.85. The van der Waals surface area contributed by atoms with E-state index < -0.39 is 35.4 Å². The molecule has 2 aromatic carbocycles. The molecular weight excluding hydrogens is 457 g/mol. The summed E-state index contributed by atoms with van der Waals surface area (Å²) in [7, 11) is 1.78. The molecule has 1 atom stereocenters. The monoisotopic (exact) mass is 484 g/mol. The van der Waals surface area contributed by atoms with Crippen LogP contribution in [0.4, 0.5) is 24.7 Å². The lowest BCUT2D eigenvalue weighted by Gasteiger charge is -2.22. The van der Waals surface area contributed by atoms with Crippen molar-refractivity contribution in [2.45, 2.75) is 56.9 Å². The Morgan fingerprint density at radius 3 is 2.54 bits per heavy atom. The minimum absolute atomic E-state index is 0.110. The van der Waals surface area contributed by atoms with Crippen molar-refractivity contribution >= 4 is 28.2 Å². The van der Waals surface area contributed by atoms with Crippen LogP contribution in [0.25, 0.3) is 10.8 Å². The van der Waals surface area contributed by atoms with Gasteiger partial charge in [-0.1, -0.05) is 12.8 Å². The van der Waals surface area contributed by atoms with Crippen LogP contribution in [-0.2, 0) is 16.1 Å². The van der Waals surface area contributed by atoms with Gasteiger partial charge in [0, 0.05) is 29.1 Å². The molecule has 5 rings (SSSR count). The summed E-state index contributed by atoms with van der Waals surface area (Å²) in [5, 5.41) is 22.4. The van der Waals surface area contributed by atoms with Crippen LogP contribution in [0.5, 0.6) is 0 Å². The standard InChI is InChI=1S/C26H27F3N4O2/c1-14(16-8-17(10-18(27)9-16)26(28,29)13-34)30-23-20-12-22-21(11-19(20)15(2)31-32-23)25(6-4-5-7-25)24(35)33(22)3/h8-12,14,34H,4-7,13H2,1-3H3,(H,30,32)/t14-/m1/s1. The zero-order chi connectivity index (χ0) is 25.1. The highest BCUT2D eigenvalue weighted by Crippen LogP contribution is 2.52. The first kappa shape index (κ1) is 23.5. The second-order valence-electron chi connectivity index (χ2n) is 9.70. The van der Waals surface area contributed by atoms with Crippen molar-refractivity contribution in [3.05, 3.63) is 58.5 Å². The van der Waals surface area contributed by atoms with E-state index in [1.165, 1.54) is 12.1 Å². The van der Waals surface area contributed by atoms with Gasteiger partial charge in [-0.2, -0.15) is 13.9 Å². The first-order valence-corrected chi connectivity index (χ1v) is 11.7. The van der Waals surface area contributed by atoms with Gasteiger partial charge in [0.2, 0.25) is 5.91 Å². The van der Waals surface area contributed by atoms with E-state index in [2.05, 4.69) is 15.5 Å². The number of nitrogens with zero attached hydrogens (tertiary/aromatic N) is 3. The van der Waals surface area contributed by atoms with Crippen LogP contribution >= 0.6 is 0 Å². The number of aromatic nitrogens is 2. The highest BCUT2D eigenvalue weighted by Gasteiger charge is 2.51. The van der Waals surface area contributed by atoms with Gasteiger partial charge in [0.25, 0.3) is 5.92 Å². The fraction of sp³-hybridized carbons (Fsp3) is 0.423. The second kappa shape index (κ2) is 8.19. The van der Waals surface area contributed by atoms with E-state index in [9.17, 15) is 18.0 Å². The van der Waals surface area contributed by atoms with Gasteiger partial charge in [-0.15, -0.1) is 5.10 Å². The van der Waals surface area contributed by atoms with Crippen LogP contribution in [0.2, 0.25) is 0 Å². The van der Waals surface area contributed by atoms with Gasteiger partial charge >= 0.3 is 0 Å². The van der Waals surface area contributed by atoms with Gasteiger partial charge in [-0.05, 0) is 68.1 Å². The predicted octanol–water partition coefficient (Wildman–Crippen LogP) is 5.12. The van der Waals surface area contributed by atoms with Crippen LogP contribution in [-0.4, -0.2) is 34.9 Å². The third-order valence-electron chi connectivity index (χ3n) is 7.52. The Kier molecular flexibility index (Phi) is 5.51. The predicted molar refractivity (Wildman–Crippen MR) is 127 cm³/mol. The van der Waals surface area contributed by atoms with E-state index in [4.69, 9.17) is 5.11 Å². The number of alkyl halides is 2. The normalized spacial score (nSPS) is 17.9. The maximum Gasteiger partial charge on any atom is 0.295 e. The molecule has 1 aliphatic heterocycles. The number of carbonyl (C=O) groups excluding carboxylic acids is 1. The molecule has 9 heteroatoms. The smallest absolute Gasteiger partial charge is 0.295 e. The maximum atomic E-state index is 14.2. The van der Waals surface area contributed by atoms with Gasteiger partial charge in [0.15, 0.2) is 5.82 Å². The molecule has 0 unspecified atom stereocenters. The van der Waals surface area contributed by atoms with Crippen LogP contribution in [0, 0.1) is 12.7 Å². The van der Waals surface area contributed by atoms with E-state index in [1.54, 1.807) is 18.9 Å². The molecule has 0 saturated heterocycles. The van der Waals surface area contributed by atoms with E-state index in [0.29, 0.717) is 11.5 Å². The van der Waals surface area contributed by atoms with E-state index in [0.717, 1.165) is 53.8 Å². The number of halogens is 3. The molecule has 184 valence electrons. The molecule has 1 aliphatic carbocycles. The Hall–Kier alpha value is -3.20. The molecule has 1 amide bonds. The number of hydrogen-bond acceptors (Lipinski definition) is 5. The first-order chi connectivity index (χ1) is 16.6. The van der Waals surface area contributed by atoms with Crippen molar-refractivity contribution in [2.24, 2.45) is 0 Å². The van der Waals surface area contributed by atoms with Crippen molar-refractivity contribution in [1.82, 2.24) is 10.2 Å². The lowest BCUT2D eigenvalue weighted by molar-refractivity contribution is -0.122. The average Bonchev–Trinajstić information content (AvgIpc) is 3.41. The molecule has 1 aromatic heterocycles. The third kappa shape index (κ3) is 3.64. The Labute approximate surface area is 201 Å². The van der Waals surface area contributed by atoms with E-state index >= 15 is 0 Å². The number of aryl methyl sites for hydroxylation is 1. The quantitative estimate of drug-likeness (QED) is 0.526. The Balaban J connectivity index is 1.57. The van der Waals surface area contributed by atoms with Crippen LogP contribution in [0.3, 0.4) is 0 Å². The summed E-state index contributed by atoms with van der Waals surface area (Å²) in [6.07, 6.45) is 3.68. The number of likely N-dealkylation sites (N-methyl/N-ethyl adjacent to an activating group) is 1. The number of aliphatic hydroxyl groups excluding tert-OH is 1. The first-order valence-electron chi connectivity index (χ1n) is 11.7. The number of amides is 1. The molecular formula is C26H27F3N4O2. The maximum absolute atomic E-state index is 14.2. The molecule has 2 N–H and O–H groups in total. The van der Waals surface area contributed by atoms with Crippen molar-refractivity contribution in [3.8, 4) is 0 Å². The lowest BCUT2D eigenvalue weighted by atomic mass is 9.79. The number of anilines is 2. The molecule has 0 bridgehead atoms. The molecule has 35 heavy (non-hydrogen) atoms. The topological polar surface area (TPSA) is 78.4 Å². The van der Waals surface area contributed by atoms with Crippen molar-refractivity contribution in [1.29, 1.82) is 0 Å². The highest BCUT2D eigenvalue weighted by atomic mass is 19.3. The number of carbonyl (C=O) groups is 1. The molecule has 6 nitrogen and oxygen atoms in total. The number of rotatable bonds is 5. The molecule has 1 spiro atoms.